The summed E-state index contributed by atoms with van der Waals surface area (Å²) in [5, 5.41) is 18.9. The number of nitrogens with two attached hydrogens (primary N) is 1. The van der Waals surface area contributed by atoms with E-state index in [1.54, 1.807) is 36.4 Å². The van der Waals surface area contributed by atoms with Gasteiger partial charge in [0.1, 0.15) is 17.4 Å². The molecule has 0 saturated carbocycles. The van der Waals surface area contributed by atoms with E-state index in [4.69, 9.17) is 16.1 Å². The highest BCUT2D eigenvalue weighted by molar-refractivity contribution is 7.92. The van der Waals surface area contributed by atoms with Crippen LogP contribution >= 0.6 is 24.8 Å². The molecule has 240 valence electrons. The molecule has 0 amide bonds. The van der Waals surface area contributed by atoms with E-state index >= 15 is 0 Å². The van der Waals surface area contributed by atoms with E-state index in [9.17, 15) is 13.5 Å². The summed E-state index contributed by atoms with van der Waals surface area (Å²) in [7, 11) is -1.93. The SMILES string of the molecule is CCN(CC)CCN(c1ccc2c(c1)nc(CCc1ccc(C(=N)N)cc1)n2C)S(=O)(=O)c1ccc2cc(O)ccc2c1.Cl.Cl. The number of rotatable bonds is 12. The number of phenols is 1. The van der Waals surface area contributed by atoms with Crippen molar-refractivity contribution in [3.8, 4) is 5.75 Å². The summed E-state index contributed by atoms with van der Waals surface area (Å²) in [6, 6.07) is 23.2. The van der Waals surface area contributed by atoms with E-state index < -0.39 is 10.0 Å². The number of hydrogen-bond acceptors (Lipinski definition) is 6. The summed E-state index contributed by atoms with van der Waals surface area (Å²) in [5.74, 6) is 1.09. The molecule has 4 aromatic carbocycles. The number of hydrogen-bond donors (Lipinski definition) is 3. The van der Waals surface area contributed by atoms with Crippen LogP contribution < -0.4 is 10.0 Å². The Bertz CT molecular complexity index is 1890. The summed E-state index contributed by atoms with van der Waals surface area (Å²) >= 11 is 0. The fraction of sp³-hybridized carbons (Fsp3) is 0.273. The number of aromatic nitrogens is 2. The van der Waals surface area contributed by atoms with Gasteiger partial charge in [-0.05, 0) is 78.3 Å². The van der Waals surface area contributed by atoms with Crippen molar-refractivity contribution in [2.45, 2.75) is 31.6 Å². The lowest BCUT2D eigenvalue weighted by atomic mass is 10.1. The maximum Gasteiger partial charge on any atom is 0.264 e. The molecule has 0 fully saturated rings. The summed E-state index contributed by atoms with van der Waals surface area (Å²) in [6.45, 7) is 6.66. The number of anilines is 1. The lowest BCUT2D eigenvalue weighted by Crippen LogP contribution is -2.38. The first-order chi connectivity index (χ1) is 20.6. The van der Waals surface area contributed by atoms with Gasteiger partial charge in [-0.25, -0.2) is 13.4 Å². The molecule has 12 heteroatoms. The van der Waals surface area contributed by atoms with Crippen LogP contribution in [0.4, 0.5) is 5.69 Å². The van der Waals surface area contributed by atoms with Crippen molar-refractivity contribution < 1.29 is 13.5 Å². The minimum Gasteiger partial charge on any atom is -0.508 e. The highest BCUT2D eigenvalue weighted by Crippen LogP contribution is 2.30. The average Bonchev–Trinajstić information content (AvgIpc) is 3.32. The normalized spacial score (nSPS) is 11.4. The number of amidine groups is 1. The maximum absolute atomic E-state index is 14.2. The van der Waals surface area contributed by atoms with Gasteiger partial charge in [-0.3, -0.25) is 9.71 Å². The monoisotopic (exact) mass is 670 g/mol. The van der Waals surface area contributed by atoms with E-state index in [-0.39, 0.29) is 41.3 Å². The van der Waals surface area contributed by atoms with Crippen LogP contribution in [0.5, 0.6) is 5.75 Å². The number of likely N-dealkylation sites (N-methyl/N-ethyl adjacent to an activating group) is 1. The number of halogens is 2. The number of sulfonamides is 1. The Kier molecular flexibility index (Phi) is 11.9. The number of imidazole rings is 1. The van der Waals surface area contributed by atoms with Crippen LogP contribution in [-0.4, -0.2) is 60.0 Å². The van der Waals surface area contributed by atoms with Crippen LogP contribution in [0.1, 0.15) is 30.8 Å². The number of phenolic OH excluding ortho intramolecular Hbond substituents is 1. The highest BCUT2D eigenvalue weighted by Gasteiger charge is 2.26. The van der Waals surface area contributed by atoms with Crippen molar-refractivity contribution in [1.82, 2.24) is 14.5 Å². The minimum atomic E-state index is -3.91. The Hall–Kier alpha value is -3.83. The first kappa shape index (κ1) is 35.6. The number of aryl methyl sites for hydroxylation is 3. The summed E-state index contributed by atoms with van der Waals surface area (Å²) in [6.07, 6.45) is 1.48. The summed E-state index contributed by atoms with van der Waals surface area (Å²) in [5.41, 5.74) is 9.62. The predicted octanol–water partition coefficient (Wildman–Crippen LogP) is 5.88. The quantitative estimate of drug-likeness (QED) is 0.112. The van der Waals surface area contributed by atoms with Crippen LogP contribution in [0.2, 0.25) is 0 Å². The lowest BCUT2D eigenvalue weighted by molar-refractivity contribution is 0.313. The van der Waals surface area contributed by atoms with Crippen LogP contribution in [0.3, 0.4) is 0 Å². The van der Waals surface area contributed by atoms with Crippen LogP contribution in [0, 0.1) is 5.41 Å². The standard InChI is InChI=1S/C33H38N6O3S.2ClH/c1-4-38(5-2)18-19-39(43(41,42)29-15-12-25-20-28(40)14-11-26(25)21-29)27-13-16-31-30(22-27)36-32(37(31)3)17-8-23-6-9-24(10-7-23)33(34)35;;/h6-7,9-16,20-22,40H,4-5,8,17-19H2,1-3H3,(H3,34,35);2*1H. The van der Waals surface area contributed by atoms with E-state index in [0.717, 1.165) is 52.7 Å². The molecule has 1 heterocycles. The maximum atomic E-state index is 14.2. The van der Waals surface area contributed by atoms with Crippen molar-refractivity contribution in [1.29, 1.82) is 5.41 Å². The van der Waals surface area contributed by atoms with Gasteiger partial charge in [0.15, 0.2) is 0 Å². The van der Waals surface area contributed by atoms with Gasteiger partial charge in [0.25, 0.3) is 10.0 Å². The largest absolute Gasteiger partial charge is 0.508 e. The molecule has 4 N–H and O–H groups in total. The molecule has 0 unspecified atom stereocenters. The molecule has 5 rings (SSSR count). The molecule has 0 atom stereocenters. The van der Waals surface area contributed by atoms with Crippen molar-refractivity contribution in [2.24, 2.45) is 12.8 Å². The van der Waals surface area contributed by atoms with Crippen LogP contribution in [-0.2, 0) is 29.9 Å². The van der Waals surface area contributed by atoms with Gasteiger partial charge in [-0.2, -0.15) is 0 Å². The van der Waals surface area contributed by atoms with Crippen molar-refractivity contribution in [3.05, 3.63) is 95.8 Å². The third-order valence-corrected chi connectivity index (χ3v) is 9.87. The molecule has 0 saturated heterocycles. The van der Waals surface area contributed by atoms with Gasteiger partial charge in [-0.1, -0.05) is 50.2 Å². The predicted molar refractivity (Wildman–Crippen MR) is 188 cm³/mol. The van der Waals surface area contributed by atoms with E-state index in [1.165, 1.54) is 4.31 Å². The molecule has 0 bridgehead atoms. The fourth-order valence-corrected chi connectivity index (χ4v) is 6.87. The molecular formula is C33H40Cl2N6O3S. The molecule has 5 aromatic rings. The molecule has 0 aliphatic heterocycles. The lowest BCUT2D eigenvalue weighted by Gasteiger charge is -2.28. The molecule has 0 spiro atoms. The number of aromatic hydroxyl groups is 1. The number of benzene rings is 4. The first-order valence-corrected chi connectivity index (χ1v) is 15.9. The van der Waals surface area contributed by atoms with E-state index in [1.807, 2.05) is 49.5 Å². The Labute approximate surface area is 277 Å². The van der Waals surface area contributed by atoms with Gasteiger partial charge in [0.2, 0.25) is 0 Å². The van der Waals surface area contributed by atoms with Crippen LogP contribution in [0.25, 0.3) is 21.8 Å². The second-order valence-electron chi connectivity index (χ2n) is 10.7. The van der Waals surface area contributed by atoms with Gasteiger partial charge < -0.3 is 20.3 Å². The number of nitrogen functional groups attached to an aromatic ring is 1. The number of nitrogens with zero attached hydrogens (tertiary/aromatic N) is 4. The fourth-order valence-electron chi connectivity index (χ4n) is 5.38. The Balaban J connectivity index is 0.00000276. The second-order valence-corrected chi connectivity index (χ2v) is 12.5. The minimum absolute atomic E-state index is 0. The topological polar surface area (TPSA) is 129 Å². The molecule has 1 aromatic heterocycles. The number of fused-ring (bicyclic) bond motifs is 2. The Morgan fingerprint density at radius 3 is 2.22 bits per heavy atom. The number of nitrogens with one attached hydrogen (secondary N) is 1. The van der Waals surface area contributed by atoms with Gasteiger partial charge in [0, 0.05) is 32.1 Å². The smallest absolute Gasteiger partial charge is 0.264 e. The summed E-state index contributed by atoms with van der Waals surface area (Å²) < 4.78 is 31.9. The molecule has 0 aliphatic carbocycles. The molecule has 0 radical (unpaired) electrons. The zero-order valence-electron chi connectivity index (χ0n) is 25.6. The second kappa shape index (κ2) is 15.0. The van der Waals surface area contributed by atoms with Gasteiger partial charge in [0.05, 0.1) is 21.6 Å². The first-order valence-electron chi connectivity index (χ1n) is 14.5. The van der Waals surface area contributed by atoms with Crippen molar-refractivity contribution in [3.63, 3.8) is 0 Å². The van der Waals surface area contributed by atoms with Gasteiger partial charge >= 0.3 is 0 Å². The molecule has 45 heavy (non-hydrogen) atoms. The zero-order chi connectivity index (χ0) is 30.7. The third-order valence-electron chi connectivity index (χ3n) is 8.04. The highest BCUT2D eigenvalue weighted by atomic mass is 35.5. The van der Waals surface area contributed by atoms with Crippen LogP contribution in [0.15, 0.2) is 83.8 Å². The summed E-state index contributed by atoms with van der Waals surface area (Å²) in [4.78, 5) is 7.30. The van der Waals surface area contributed by atoms with Gasteiger partial charge in [-0.15, -0.1) is 24.8 Å². The van der Waals surface area contributed by atoms with E-state index in [2.05, 4.69) is 23.3 Å². The Morgan fingerprint density at radius 2 is 1.56 bits per heavy atom. The third kappa shape index (κ3) is 7.70. The molecular weight excluding hydrogens is 631 g/mol. The Morgan fingerprint density at radius 1 is 0.889 bits per heavy atom. The van der Waals surface area contributed by atoms with Crippen molar-refractivity contribution in [2.75, 3.05) is 30.5 Å². The molecule has 9 nitrogen and oxygen atoms in total. The zero-order valence-corrected chi connectivity index (χ0v) is 28.1. The molecule has 0 aliphatic rings. The average molecular weight is 672 g/mol. The van der Waals surface area contributed by atoms with E-state index in [0.29, 0.717) is 30.8 Å². The van der Waals surface area contributed by atoms with Crippen molar-refractivity contribution >= 4 is 68.2 Å².